The number of nitrogens with zero attached hydrogens (tertiary/aromatic N) is 3. The summed E-state index contributed by atoms with van der Waals surface area (Å²) < 4.78 is 0. The number of rotatable bonds is 4. The molecule has 2 atom stereocenters. The summed E-state index contributed by atoms with van der Waals surface area (Å²) in [7, 11) is 0. The first-order valence-corrected chi connectivity index (χ1v) is 15.3. The van der Waals surface area contributed by atoms with Crippen molar-refractivity contribution in [1.29, 1.82) is 0 Å². The summed E-state index contributed by atoms with van der Waals surface area (Å²) in [4.78, 5) is 12.9. The number of thioether (sulfide) groups is 1. The third-order valence-corrected chi connectivity index (χ3v) is 9.00. The topological polar surface area (TPSA) is 29.0 Å². The van der Waals surface area contributed by atoms with Crippen LogP contribution in [0, 0.1) is 0 Å². The molecular weight excluding hydrogens is 531 g/mol. The second kappa shape index (κ2) is 11.7. The molecule has 3 aliphatic rings. The Kier molecular flexibility index (Phi) is 7.29. The van der Waals surface area contributed by atoms with Crippen LogP contribution in [0.2, 0.25) is 0 Å². The minimum atomic E-state index is 0.192. The van der Waals surface area contributed by atoms with Crippen LogP contribution >= 0.6 is 11.8 Å². The van der Waals surface area contributed by atoms with E-state index in [1.807, 2.05) is 30.5 Å². The molecule has 0 saturated carbocycles. The lowest BCUT2D eigenvalue weighted by molar-refractivity contribution is 0.746. The van der Waals surface area contributed by atoms with E-state index in [0.717, 1.165) is 29.9 Å². The second-order valence-electron chi connectivity index (χ2n) is 10.6. The van der Waals surface area contributed by atoms with E-state index in [0.29, 0.717) is 0 Å². The van der Waals surface area contributed by atoms with Crippen LogP contribution in [0.15, 0.2) is 150 Å². The molecule has 0 N–H and O–H groups in total. The number of hydrogen-bond donors (Lipinski definition) is 0. The Labute approximate surface area is 252 Å². The van der Waals surface area contributed by atoms with Gasteiger partial charge in [0.1, 0.15) is 0 Å². The summed E-state index contributed by atoms with van der Waals surface area (Å²) in [6.45, 7) is 3.90. The van der Waals surface area contributed by atoms with Gasteiger partial charge in [-0.2, -0.15) is 0 Å². The second-order valence-corrected chi connectivity index (χ2v) is 11.6. The van der Waals surface area contributed by atoms with Gasteiger partial charge in [0, 0.05) is 22.7 Å². The first-order chi connectivity index (χ1) is 20.8. The van der Waals surface area contributed by atoms with Gasteiger partial charge in [-0.1, -0.05) is 97.3 Å². The fourth-order valence-corrected chi connectivity index (χ4v) is 6.80. The number of allylic oxidation sites excluding steroid dienone is 7. The number of benzene rings is 2. The zero-order chi connectivity index (χ0) is 28.3. The van der Waals surface area contributed by atoms with Crippen molar-refractivity contribution in [2.75, 3.05) is 4.90 Å². The first kappa shape index (κ1) is 26.2. The third kappa shape index (κ3) is 5.10. The maximum Gasteiger partial charge on any atom is 0.0887 e. The summed E-state index contributed by atoms with van der Waals surface area (Å²) in [5.41, 5.74) is 10.5. The molecule has 2 unspecified atom stereocenters. The van der Waals surface area contributed by atoms with Crippen molar-refractivity contribution in [2.45, 2.75) is 29.7 Å². The molecule has 204 valence electrons. The standard InChI is InChI=1S/C38H31N3S/c1-2-9-27-10-6-8-23-42-38-21-17-28(24-30(38)15-14-27)29-16-20-37-33(25-29)32-11-3-4-13-36(32)41(37)31-18-19-35(40-26-31)34-12-5-7-22-39-34/h2-5,7-9,11-26,33,37H,1,6,10H2/b15-14+,23-8+,27-9-. The van der Waals surface area contributed by atoms with Crippen molar-refractivity contribution in [1.82, 2.24) is 9.97 Å². The number of aromatic nitrogens is 2. The Morgan fingerprint density at radius 2 is 1.81 bits per heavy atom. The minimum Gasteiger partial charge on any atom is -0.332 e. The predicted octanol–water partition coefficient (Wildman–Crippen LogP) is 9.93. The molecule has 0 amide bonds. The maximum atomic E-state index is 4.78. The van der Waals surface area contributed by atoms with E-state index >= 15 is 0 Å². The molecule has 4 heteroatoms. The van der Waals surface area contributed by atoms with Gasteiger partial charge in [0.2, 0.25) is 0 Å². The molecule has 0 bridgehead atoms. The highest BCUT2D eigenvalue weighted by Gasteiger charge is 2.38. The van der Waals surface area contributed by atoms with Crippen molar-refractivity contribution >= 4 is 34.8 Å². The Morgan fingerprint density at radius 1 is 0.905 bits per heavy atom. The summed E-state index contributed by atoms with van der Waals surface area (Å²) >= 11 is 1.79. The zero-order valence-corrected chi connectivity index (χ0v) is 24.1. The van der Waals surface area contributed by atoms with Crippen LogP contribution in [0.5, 0.6) is 0 Å². The maximum absolute atomic E-state index is 4.78. The highest BCUT2D eigenvalue weighted by Crippen LogP contribution is 2.49. The molecule has 42 heavy (non-hydrogen) atoms. The fraction of sp³-hybridized carbons (Fsp3) is 0.105. The number of para-hydroxylation sites is 1. The predicted molar refractivity (Wildman–Crippen MR) is 178 cm³/mol. The van der Waals surface area contributed by atoms with Crippen molar-refractivity contribution in [3.05, 3.63) is 162 Å². The Morgan fingerprint density at radius 3 is 2.67 bits per heavy atom. The quantitative estimate of drug-likeness (QED) is 0.248. The van der Waals surface area contributed by atoms with Crippen LogP contribution in [0.3, 0.4) is 0 Å². The van der Waals surface area contributed by atoms with E-state index in [1.54, 1.807) is 18.0 Å². The van der Waals surface area contributed by atoms with Gasteiger partial charge in [0.15, 0.2) is 0 Å². The van der Waals surface area contributed by atoms with E-state index in [9.17, 15) is 0 Å². The summed E-state index contributed by atoms with van der Waals surface area (Å²) in [5.74, 6) is 0.250. The lowest BCUT2D eigenvalue weighted by Crippen LogP contribution is -2.29. The van der Waals surface area contributed by atoms with Crippen molar-refractivity contribution < 1.29 is 0 Å². The largest absolute Gasteiger partial charge is 0.332 e. The molecule has 7 rings (SSSR count). The van der Waals surface area contributed by atoms with E-state index in [1.165, 1.54) is 38.4 Å². The molecule has 2 aliphatic heterocycles. The van der Waals surface area contributed by atoms with Crippen LogP contribution in [-0.2, 0) is 0 Å². The van der Waals surface area contributed by atoms with Crippen molar-refractivity contribution in [3.63, 3.8) is 0 Å². The lowest BCUT2D eigenvalue weighted by atomic mass is 9.86. The highest BCUT2D eigenvalue weighted by atomic mass is 32.2. The third-order valence-electron chi connectivity index (χ3n) is 8.05. The fourth-order valence-electron chi connectivity index (χ4n) is 6.01. The van der Waals surface area contributed by atoms with Gasteiger partial charge in [-0.25, -0.2) is 0 Å². The monoisotopic (exact) mass is 561 g/mol. The van der Waals surface area contributed by atoms with Gasteiger partial charge >= 0.3 is 0 Å². The van der Waals surface area contributed by atoms with E-state index in [-0.39, 0.29) is 12.0 Å². The number of pyridine rings is 2. The molecule has 0 spiro atoms. The number of anilines is 2. The highest BCUT2D eigenvalue weighted by molar-refractivity contribution is 8.02. The summed E-state index contributed by atoms with van der Waals surface area (Å²) in [6.07, 6.45) is 23.7. The minimum absolute atomic E-state index is 0.192. The van der Waals surface area contributed by atoms with Crippen LogP contribution < -0.4 is 4.90 Å². The normalized spacial score (nSPS) is 21.6. The van der Waals surface area contributed by atoms with Gasteiger partial charge in [-0.05, 0) is 88.6 Å². The number of hydrogen-bond acceptors (Lipinski definition) is 4. The Balaban J connectivity index is 1.22. The summed E-state index contributed by atoms with van der Waals surface area (Å²) in [6, 6.07) is 25.9. The average Bonchev–Trinajstić information content (AvgIpc) is 3.38. The summed E-state index contributed by atoms with van der Waals surface area (Å²) in [5, 5.41) is 2.22. The van der Waals surface area contributed by atoms with E-state index in [2.05, 4.69) is 119 Å². The molecule has 2 aromatic carbocycles. The Hall–Kier alpha value is -4.67. The van der Waals surface area contributed by atoms with Crippen LogP contribution in [0.4, 0.5) is 11.4 Å². The van der Waals surface area contributed by atoms with Crippen molar-refractivity contribution in [3.8, 4) is 11.4 Å². The van der Waals surface area contributed by atoms with Crippen LogP contribution in [0.1, 0.15) is 35.4 Å². The lowest BCUT2D eigenvalue weighted by Gasteiger charge is -2.29. The van der Waals surface area contributed by atoms with Gasteiger partial charge in [0.05, 0.1) is 29.3 Å². The Bertz CT molecular complexity index is 1780. The number of fused-ring (bicyclic) bond motifs is 4. The zero-order valence-electron chi connectivity index (χ0n) is 23.3. The smallest absolute Gasteiger partial charge is 0.0887 e. The first-order valence-electron chi connectivity index (χ1n) is 14.4. The molecule has 4 aromatic rings. The molecule has 0 radical (unpaired) electrons. The SMILES string of the molecule is C=C/C=C1\C=C\c2cc(C3=CC4c5ccccc5N(c5ccc(-c6ccccn6)nc5)C4C=C3)ccc2S/C=C/CC1. The van der Waals surface area contributed by atoms with Gasteiger partial charge in [-0.3, -0.25) is 9.97 Å². The van der Waals surface area contributed by atoms with E-state index < -0.39 is 0 Å². The molecule has 0 fully saturated rings. The van der Waals surface area contributed by atoms with Gasteiger partial charge < -0.3 is 4.90 Å². The molecular formula is C38H31N3S. The van der Waals surface area contributed by atoms with Crippen LogP contribution in [-0.4, -0.2) is 16.0 Å². The molecule has 0 saturated heterocycles. The van der Waals surface area contributed by atoms with Gasteiger partial charge in [0.25, 0.3) is 0 Å². The van der Waals surface area contributed by atoms with E-state index in [4.69, 9.17) is 4.98 Å². The molecule has 3 nitrogen and oxygen atoms in total. The average molecular weight is 562 g/mol. The molecule has 1 aliphatic carbocycles. The van der Waals surface area contributed by atoms with Crippen LogP contribution in [0.25, 0.3) is 23.0 Å². The molecule has 4 heterocycles. The molecule has 2 aromatic heterocycles. The van der Waals surface area contributed by atoms with Crippen molar-refractivity contribution in [2.24, 2.45) is 0 Å². The van der Waals surface area contributed by atoms with Gasteiger partial charge in [-0.15, -0.1) is 0 Å².